The third-order valence-corrected chi connectivity index (χ3v) is 3.10. The highest BCUT2D eigenvalue weighted by atomic mass is 16.5. The molecule has 0 fully saturated rings. The third kappa shape index (κ3) is 2.67. The largest absolute Gasteiger partial charge is 0.360 e. The van der Waals surface area contributed by atoms with Crippen molar-refractivity contribution in [2.24, 2.45) is 0 Å². The molecule has 5 nitrogen and oxygen atoms in total. The number of nitrogens with zero attached hydrogens (tertiary/aromatic N) is 1. The van der Waals surface area contributed by atoms with E-state index in [0.717, 1.165) is 5.56 Å². The quantitative estimate of drug-likeness (QED) is 0.802. The molecule has 0 bridgehead atoms. The van der Waals surface area contributed by atoms with Crippen molar-refractivity contribution in [2.75, 3.05) is 5.32 Å². The number of H-pyrrole nitrogens is 1. The fourth-order valence-electron chi connectivity index (χ4n) is 2.10. The minimum Gasteiger partial charge on any atom is -0.360 e. The molecule has 0 radical (unpaired) electrons. The van der Waals surface area contributed by atoms with Crippen LogP contribution in [-0.2, 0) is 0 Å². The van der Waals surface area contributed by atoms with E-state index >= 15 is 0 Å². The van der Waals surface area contributed by atoms with Crippen molar-refractivity contribution >= 4 is 11.6 Å². The van der Waals surface area contributed by atoms with Gasteiger partial charge >= 0.3 is 0 Å². The number of nitrogens with one attached hydrogen (secondary N) is 2. The van der Waals surface area contributed by atoms with E-state index in [1.165, 1.54) is 0 Å². The molecule has 1 amide bonds. The van der Waals surface area contributed by atoms with Crippen LogP contribution >= 0.6 is 0 Å². The lowest BCUT2D eigenvalue weighted by Gasteiger charge is -2.03. The van der Waals surface area contributed by atoms with Gasteiger partial charge in [0, 0.05) is 11.6 Å². The summed E-state index contributed by atoms with van der Waals surface area (Å²) in [5, 5.41) is 6.83. The lowest BCUT2D eigenvalue weighted by molar-refractivity contribution is -0.377. The Morgan fingerprint density at radius 1 is 1.19 bits per heavy atom. The molecule has 3 rings (SSSR count). The zero-order valence-electron chi connectivity index (χ0n) is 11.5. The summed E-state index contributed by atoms with van der Waals surface area (Å²) in [5.41, 5.74) is 2.52. The van der Waals surface area contributed by atoms with Crippen LogP contribution in [0.3, 0.4) is 0 Å². The first kappa shape index (κ1) is 13.1. The number of aromatic nitrogens is 2. The van der Waals surface area contributed by atoms with Gasteiger partial charge in [-0.15, -0.1) is 0 Å². The van der Waals surface area contributed by atoms with Crippen molar-refractivity contribution in [3.63, 3.8) is 0 Å². The average Bonchev–Trinajstić information content (AvgIpc) is 2.91. The fraction of sp³-hybridized carbons (Fsp3) is 0.0625. The van der Waals surface area contributed by atoms with E-state index < -0.39 is 0 Å². The van der Waals surface area contributed by atoms with Gasteiger partial charge in [-0.3, -0.25) is 4.79 Å². The second kappa shape index (κ2) is 5.58. The van der Waals surface area contributed by atoms with Crippen LogP contribution in [0.5, 0.6) is 0 Å². The molecule has 2 N–H and O–H groups in total. The maximum absolute atomic E-state index is 12.5. The van der Waals surface area contributed by atoms with E-state index in [0.29, 0.717) is 22.7 Å². The smallest absolute Gasteiger partial charge is 0.261 e. The summed E-state index contributed by atoms with van der Waals surface area (Å²) >= 11 is 0. The zero-order valence-corrected chi connectivity index (χ0v) is 11.5. The SMILES string of the molecule is Cc1onc(-c2ccccc2)c1C(=O)Nc1ccc[nH+]c1. The number of pyridine rings is 1. The molecule has 0 aliphatic heterocycles. The highest BCUT2D eigenvalue weighted by Gasteiger charge is 2.21. The van der Waals surface area contributed by atoms with Crippen LogP contribution in [0, 0.1) is 6.92 Å². The Hall–Kier alpha value is -2.95. The first-order chi connectivity index (χ1) is 10.3. The van der Waals surface area contributed by atoms with Crippen LogP contribution in [0.15, 0.2) is 59.4 Å². The van der Waals surface area contributed by atoms with Crippen LogP contribution < -0.4 is 10.3 Å². The molecule has 2 heterocycles. The Morgan fingerprint density at radius 3 is 2.71 bits per heavy atom. The van der Waals surface area contributed by atoms with Gasteiger partial charge in [-0.05, 0) is 13.0 Å². The molecular formula is C16H14N3O2+. The summed E-state index contributed by atoms with van der Waals surface area (Å²) in [6.07, 6.45) is 3.48. The second-order valence-corrected chi connectivity index (χ2v) is 4.57. The summed E-state index contributed by atoms with van der Waals surface area (Å²) in [6.45, 7) is 1.73. The lowest BCUT2D eigenvalue weighted by Crippen LogP contribution is -2.15. The van der Waals surface area contributed by atoms with Crippen molar-refractivity contribution < 1.29 is 14.3 Å². The Bertz CT molecular complexity index is 752. The summed E-state index contributed by atoms with van der Waals surface area (Å²) in [5.74, 6) is 0.249. The third-order valence-electron chi connectivity index (χ3n) is 3.10. The molecule has 21 heavy (non-hydrogen) atoms. The fourth-order valence-corrected chi connectivity index (χ4v) is 2.10. The maximum Gasteiger partial charge on any atom is 0.261 e. The van der Waals surface area contributed by atoms with Crippen molar-refractivity contribution in [3.05, 3.63) is 66.2 Å². The van der Waals surface area contributed by atoms with Crippen LogP contribution in [0.2, 0.25) is 0 Å². The number of hydrogen-bond acceptors (Lipinski definition) is 3. The van der Waals surface area contributed by atoms with Gasteiger partial charge in [-0.2, -0.15) is 0 Å². The number of amides is 1. The lowest BCUT2D eigenvalue weighted by atomic mass is 10.1. The Morgan fingerprint density at radius 2 is 2.00 bits per heavy atom. The minimum atomic E-state index is -0.243. The molecule has 0 unspecified atom stereocenters. The number of aryl methyl sites for hydroxylation is 1. The van der Waals surface area contributed by atoms with Crippen LogP contribution in [0.1, 0.15) is 16.1 Å². The van der Waals surface area contributed by atoms with Crippen molar-refractivity contribution in [2.45, 2.75) is 6.92 Å². The number of rotatable bonds is 3. The normalized spacial score (nSPS) is 10.3. The van der Waals surface area contributed by atoms with Gasteiger partial charge in [0.1, 0.15) is 22.7 Å². The van der Waals surface area contributed by atoms with Crippen molar-refractivity contribution in [1.82, 2.24) is 5.16 Å². The first-order valence-electron chi connectivity index (χ1n) is 6.55. The molecule has 5 heteroatoms. The Kier molecular flexibility index (Phi) is 3.47. The predicted molar refractivity (Wildman–Crippen MR) is 77.6 cm³/mol. The van der Waals surface area contributed by atoms with Crippen LogP contribution in [-0.4, -0.2) is 11.1 Å². The van der Waals surface area contributed by atoms with Crippen LogP contribution in [0.4, 0.5) is 5.69 Å². The highest BCUT2D eigenvalue weighted by molar-refractivity contribution is 6.08. The first-order valence-corrected chi connectivity index (χ1v) is 6.55. The number of hydrogen-bond donors (Lipinski definition) is 1. The number of anilines is 1. The molecule has 0 aliphatic carbocycles. The van der Waals surface area contributed by atoms with Gasteiger partial charge in [-0.25, -0.2) is 4.98 Å². The van der Waals surface area contributed by atoms with Crippen molar-refractivity contribution in [1.29, 1.82) is 0 Å². The molecule has 2 aromatic heterocycles. The molecule has 3 aromatic rings. The van der Waals surface area contributed by atoms with E-state index in [-0.39, 0.29) is 5.91 Å². The number of aromatic amines is 1. The zero-order chi connectivity index (χ0) is 14.7. The average molecular weight is 280 g/mol. The molecule has 0 aliphatic rings. The van der Waals surface area contributed by atoms with E-state index in [1.54, 1.807) is 25.4 Å². The second-order valence-electron chi connectivity index (χ2n) is 4.57. The Balaban J connectivity index is 1.95. The van der Waals surface area contributed by atoms with Crippen LogP contribution in [0.25, 0.3) is 11.3 Å². The molecule has 0 saturated heterocycles. The predicted octanol–water partition coefficient (Wildman–Crippen LogP) is 2.72. The van der Waals surface area contributed by atoms with Gasteiger partial charge in [-0.1, -0.05) is 35.5 Å². The highest BCUT2D eigenvalue weighted by Crippen LogP contribution is 2.25. The summed E-state index contributed by atoms with van der Waals surface area (Å²) in [6, 6.07) is 13.1. The Labute approximate surface area is 121 Å². The number of carbonyl (C=O) groups excluding carboxylic acids is 1. The minimum absolute atomic E-state index is 0.243. The summed E-state index contributed by atoms with van der Waals surface area (Å²) < 4.78 is 5.19. The molecule has 0 saturated carbocycles. The monoisotopic (exact) mass is 280 g/mol. The van der Waals surface area contributed by atoms with Crippen molar-refractivity contribution in [3.8, 4) is 11.3 Å². The number of carbonyl (C=O) groups is 1. The van der Waals surface area contributed by atoms with E-state index in [9.17, 15) is 4.79 Å². The van der Waals surface area contributed by atoms with Gasteiger partial charge in [0.2, 0.25) is 0 Å². The van der Waals surface area contributed by atoms with Gasteiger partial charge in [0.15, 0.2) is 12.4 Å². The van der Waals surface area contributed by atoms with Gasteiger partial charge in [0.05, 0.1) is 0 Å². The summed E-state index contributed by atoms with van der Waals surface area (Å²) in [7, 11) is 0. The van der Waals surface area contributed by atoms with E-state index in [4.69, 9.17) is 4.52 Å². The van der Waals surface area contributed by atoms with Gasteiger partial charge in [0.25, 0.3) is 5.91 Å². The van der Waals surface area contributed by atoms with Gasteiger partial charge < -0.3 is 9.84 Å². The number of benzene rings is 1. The molecule has 1 aromatic carbocycles. The molecule has 0 atom stereocenters. The van der Waals surface area contributed by atoms with E-state index in [1.807, 2.05) is 36.4 Å². The molecule has 0 spiro atoms. The molecular weight excluding hydrogens is 266 g/mol. The standard InChI is InChI=1S/C16H13N3O2/c1-11-14(16(20)18-13-8-5-9-17-10-13)15(19-21-11)12-6-3-2-4-7-12/h2-10H,1H3,(H,18,20)/p+1. The summed E-state index contributed by atoms with van der Waals surface area (Å²) in [4.78, 5) is 15.4. The molecule has 104 valence electrons. The van der Waals surface area contributed by atoms with E-state index in [2.05, 4.69) is 15.5 Å². The maximum atomic E-state index is 12.5. The topological polar surface area (TPSA) is 69.3 Å².